The second-order valence-electron chi connectivity index (χ2n) is 7.86. The molecule has 1 atom stereocenters. The summed E-state index contributed by atoms with van der Waals surface area (Å²) >= 11 is 12.5. The lowest BCUT2D eigenvalue weighted by Gasteiger charge is -2.28. The van der Waals surface area contributed by atoms with Crippen LogP contribution in [0.5, 0.6) is 5.75 Å². The van der Waals surface area contributed by atoms with Crippen molar-refractivity contribution in [3.8, 4) is 17.1 Å². The van der Waals surface area contributed by atoms with Gasteiger partial charge in [-0.3, -0.25) is 9.78 Å². The summed E-state index contributed by atoms with van der Waals surface area (Å²) in [5, 5.41) is 11.8. The lowest BCUT2D eigenvalue weighted by molar-refractivity contribution is -0.113. The first-order valence-electron chi connectivity index (χ1n) is 10.7. The molecule has 35 heavy (non-hydrogen) atoms. The highest BCUT2D eigenvalue weighted by Gasteiger charge is 2.34. The Morgan fingerprint density at radius 2 is 1.94 bits per heavy atom. The quantitative estimate of drug-likeness (QED) is 0.366. The summed E-state index contributed by atoms with van der Waals surface area (Å²) in [6.07, 6.45) is 3.24. The number of rotatable bonds is 5. The van der Waals surface area contributed by atoms with Crippen LogP contribution in [0, 0.1) is 0 Å². The SMILES string of the molecule is COc1ccc(C2C(C(=O)Nc3cccnc3)=C(C)Nc3nc(-c4ccc(Cl)cc4Cl)nn32)cc1. The molecule has 1 amide bonds. The van der Waals surface area contributed by atoms with E-state index < -0.39 is 6.04 Å². The molecule has 2 aromatic carbocycles. The van der Waals surface area contributed by atoms with Gasteiger partial charge < -0.3 is 15.4 Å². The zero-order valence-corrected chi connectivity index (χ0v) is 20.3. The zero-order chi connectivity index (χ0) is 24.5. The summed E-state index contributed by atoms with van der Waals surface area (Å²) in [6, 6.07) is 15.6. The van der Waals surface area contributed by atoms with Gasteiger partial charge in [0, 0.05) is 22.5 Å². The summed E-state index contributed by atoms with van der Waals surface area (Å²) in [5.41, 5.74) is 3.20. The monoisotopic (exact) mass is 506 g/mol. The van der Waals surface area contributed by atoms with E-state index in [9.17, 15) is 4.79 Å². The van der Waals surface area contributed by atoms with Crippen LogP contribution in [0.1, 0.15) is 18.5 Å². The standard InChI is InChI=1S/C25H20Cl2N6O2/c1-14-21(24(34)30-17-4-3-11-28-13-17)22(15-5-8-18(35-2)9-6-15)33-25(29-14)31-23(32-33)19-10-7-16(26)12-20(19)27/h3-13,22H,1-2H3,(H,30,34)(H,29,31,32). The lowest BCUT2D eigenvalue weighted by Crippen LogP contribution is -2.31. The van der Waals surface area contributed by atoms with E-state index in [1.165, 1.54) is 0 Å². The molecule has 4 aromatic rings. The van der Waals surface area contributed by atoms with Crippen molar-refractivity contribution in [3.63, 3.8) is 0 Å². The maximum atomic E-state index is 13.5. The Morgan fingerprint density at radius 3 is 2.63 bits per heavy atom. The minimum Gasteiger partial charge on any atom is -0.497 e. The number of aromatic nitrogens is 4. The lowest BCUT2D eigenvalue weighted by atomic mass is 9.95. The molecule has 0 saturated heterocycles. The highest BCUT2D eigenvalue weighted by atomic mass is 35.5. The van der Waals surface area contributed by atoms with Crippen molar-refractivity contribution in [3.05, 3.63) is 93.9 Å². The zero-order valence-electron chi connectivity index (χ0n) is 18.8. The van der Waals surface area contributed by atoms with Crippen LogP contribution in [0.15, 0.2) is 78.3 Å². The number of carbonyl (C=O) groups excluding carboxylic acids is 1. The second kappa shape index (κ2) is 9.40. The number of nitrogens with zero attached hydrogens (tertiary/aromatic N) is 4. The first-order chi connectivity index (χ1) is 16.9. The van der Waals surface area contributed by atoms with Gasteiger partial charge in [0.1, 0.15) is 11.8 Å². The van der Waals surface area contributed by atoms with Crippen LogP contribution in [0.2, 0.25) is 10.0 Å². The maximum absolute atomic E-state index is 13.5. The minimum atomic E-state index is -0.554. The Kier molecular flexibility index (Phi) is 6.15. The van der Waals surface area contributed by atoms with Gasteiger partial charge in [-0.2, -0.15) is 4.98 Å². The number of amides is 1. The molecular formula is C25H20Cl2N6O2. The average molecular weight is 507 g/mol. The molecule has 3 heterocycles. The molecule has 0 radical (unpaired) electrons. The molecule has 8 nitrogen and oxygen atoms in total. The van der Waals surface area contributed by atoms with Crippen molar-refractivity contribution in [1.29, 1.82) is 0 Å². The van der Waals surface area contributed by atoms with E-state index in [1.807, 2.05) is 31.2 Å². The molecular weight excluding hydrogens is 487 g/mol. The van der Waals surface area contributed by atoms with Gasteiger partial charge in [-0.15, -0.1) is 5.10 Å². The van der Waals surface area contributed by atoms with Gasteiger partial charge in [-0.1, -0.05) is 35.3 Å². The number of halogens is 2. The first-order valence-corrected chi connectivity index (χ1v) is 11.5. The molecule has 0 aliphatic carbocycles. The van der Waals surface area contributed by atoms with Gasteiger partial charge >= 0.3 is 0 Å². The highest BCUT2D eigenvalue weighted by Crippen LogP contribution is 2.38. The highest BCUT2D eigenvalue weighted by molar-refractivity contribution is 6.36. The Balaban J connectivity index is 1.61. The number of ether oxygens (including phenoxy) is 1. The molecule has 2 aromatic heterocycles. The van der Waals surface area contributed by atoms with E-state index in [-0.39, 0.29) is 5.91 Å². The Morgan fingerprint density at radius 1 is 1.14 bits per heavy atom. The fourth-order valence-corrected chi connectivity index (χ4v) is 4.45. The number of pyridine rings is 1. The fourth-order valence-electron chi connectivity index (χ4n) is 3.96. The summed E-state index contributed by atoms with van der Waals surface area (Å²) < 4.78 is 7.00. The van der Waals surface area contributed by atoms with Crippen LogP contribution < -0.4 is 15.4 Å². The van der Waals surface area contributed by atoms with Crippen molar-refractivity contribution >= 4 is 40.7 Å². The van der Waals surface area contributed by atoms with Crippen LogP contribution >= 0.6 is 23.2 Å². The summed E-state index contributed by atoms with van der Waals surface area (Å²) in [6.45, 7) is 1.84. The Bertz CT molecular complexity index is 1430. The van der Waals surface area contributed by atoms with Gasteiger partial charge in [0.2, 0.25) is 5.95 Å². The number of benzene rings is 2. The van der Waals surface area contributed by atoms with Crippen LogP contribution in [0.3, 0.4) is 0 Å². The largest absolute Gasteiger partial charge is 0.497 e. The van der Waals surface area contributed by atoms with Crippen LogP contribution in [-0.2, 0) is 4.79 Å². The molecule has 0 bridgehead atoms. The third kappa shape index (κ3) is 4.45. The topological polar surface area (TPSA) is 94.0 Å². The van der Waals surface area contributed by atoms with E-state index in [2.05, 4.69) is 20.6 Å². The van der Waals surface area contributed by atoms with Gasteiger partial charge in [0.25, 0.3) is 5.91 Å². The van der Waals surface area contributed by atoms with E-state index in [4.69, 9.17) is 33.0 Å². The van der Waals surface area contributed by atoms with Crippen LogP contribution in [-0.4, -0.2) is 32.8 Å². The number of hydrogen-bond acceptors (Lipinski definition) is 6. The summed E-state index contributed by atoms with van der Waals surface area (Å²) in [5.74, 6) is 1.32. The van der Waals surface area contributed by atoms with Gasteiger partial charge in [0.15, 0.2) is 5.82 Å². The molecule has 1 unspecified atom stereocenters. The number of allylic oxidation sites excluding steroid dienone is 1. The van der Waals surface area contributed by atoms with Crippen molar-refractivity contribution in [1.82, 2.24) is 19.7 Å². The number of hydrogen-bond donors (Lipinski definition) is 2. The molecule has 0 saturated carbocycles. The van der Waals surface area contributed by atoms with Gasteiger partial charge in [-0.05, 0) is 55.0 Å². The number of anilines is 2. The van der Waals surface area contributed by atoms with E-state index >= 15 is 0 Å². The van der Waals surface area contributed by atoms with Crippen molar-refractivity contribution in [2.75, 3.05) is 17.7 Å². The van der Waals surface area contributed by atoms with Gasteiger partial charge in [0.05, 0.1) is 29.6 Å². The molecule has 1 aliphatic heterocycles. The van der Waals surface area contributed by atoms with Crippen LogP contribution in [0.4, 0.5) is 11.6 Å². The number of nitrogens with one attached hydrogen (secondary N) is 2. The molecule has 176 valence electrons. The molecule has 5 rings (SSSR count). The Labute approximate surface area is 211 Å². The first kappa shape index (κ1) is 22.9. The molecule has 0 fully saturated rings. The second-order valence-corrected chi connectivity index (χ2v) is 8.71. The van der Waals surface area contributed by atoms with E-state index in [1.54, 1.807) is 54.5 Å². The Hall–Kier alpha value is -3.88. The van der Waals surface area contributed by atoms with Crippen molar-refractivity contribution in [2.45, 2.75) is 13.0 Å². The maximum Gasteiger partial charge on any atom is 0.255 e. The molecule has 1 aliphatic rings. The average Bonchev–Trinajstić information content (AvgIpc) is 3.27. The number of methoxy groups -OCH3 is 1. The van der Waals surface area contributed by atoms with Crippen molar-refractivity contribution < 1.29 is 9.53 Å². The van der Waals surface area contributed by atoms with Crippen molar-refractivity contribution in [2.24, 2.45) is 0 Å². The van der Waals surface area contributed by atoms with Crippen LogP contribution in [0.25, 0.3) is 11.4 Å². The third-order valence-electron chi connectivity index (χ3n) is 5.62. The van der Waals surface area contributed by atoms with E-state index in [0.29, 0.717) is 50.1 Å². The fraction of sp³-hybridized carbons (Fsp3) is 0.120. The summed E-state index contributed by atoms with van der Waals surface area (Å²) in [4.78, 5) is 22.2. The predicted molar refractivity (Wildman–Crippen MR) is 136 cm³/mol. The molecule has 0 spiro atoms. The number of carbonyl (C=O) groups is 1. The normalized spacial score (nSPS) is 14.8. The molecule has 2 N–H and O–H groups in total. The molecule has 10 heteroatoms. The predicted octanol–water partition coefficient (Wildman–Crippen LogP) is 5.58. The summed E-state index contributed by atoms with van der Waals surface area (Å²) in [7, 11) is 1.61. The number of fused-ring (bicyclic) bond motifs is 1. The van der Waals surface area contributed by atoms with E-state index in [0.717, 1.165) is 5.56 Å². The van der Waals surface area contributed by atoms with Gasteiger partial charge in [-0.25, -0.2) is 4.68 Å². The smallest absolute Gasteiger partial charge is 0.255 e. The third-order valence-corrected chi connectivity index (χ3v) is 6.17. The minimum absolute atomic E-state index is 0.281.